The maximum Gasteiger partial charge on any atom is 0.254 e. The van der Waals surface area contributed by atoms with Gasteiger partial charge in [0.15, 0.2) is 0 Å². The molecule has 0 saturated carbocycles. The molecule has 1 saturated heterocycles. The van der Waals surface area contributed by atoms with E-state index in [4.69, 9.17) is 4.74 Å². The standard InChI is InChI=1S/C17H20FN3O2/c1-12-14(17(22)19-9-13-5-4-8-23-11-13)10-20-21(12)16-7-3-2-6-15(16)18/h2-3,6-7,10,13H,4-5,8-9,11H2,1H3,(H,19,22). The van der Waals surface area contributed by atoms with Gasteiger partial charge in [0.05, 0.1) is 24.1 Å². The summed E-state index contributed by atoms with van der Waals surface area (Å²) in [6.45, 7) is 3.84. The fraction of sp³-hybridized carbons (Fsp3) is 0.412. The third-order valence-electron chi connectivity index (χ3n) is 4.14. The van der Waals surface area contributed by atoms with Gasteiger partial charge in [-0.2, -0.15) is 5.10 Å². The lowest BCUT2D eigenvalue weighted by Gasteiger charge is -2.22. The number of hydrogen-bond acceptors (Lipinski definition) is 3. The molecule has 5 nitrogen and oxygen atoms in total. The smallest absolute Gasteiger partial charge is 0.254 e. The summed E-state index contributed by atoms with van der Waals surface area (Å²) in [6, 6.07) is 6.37. The topological polar surface area (TPSA) is 56.1 Å². The molecule has 1 aromatic heterocycles. The number of carbonyl (C=O) groups is 1. The lowest BCUT2D eigenvalue weighted by molar-refractivity contribution is 0.0536. The first-order valence-corrected chi connectivity index (χ1v) is 7.82. The molecule has 3 rings (SSSR count). The Hall–Kier alpha value is -2.21. The average molecular weight is 317 g/mol. The fourth-order valence-corrected chi connectivity index (χ4v) is 2.80. The van der Waals surface area contributed by atoms with E-state index in [0.29, 0.717) is 36.0 Å². The van der Waals surface area contributed by atoms with Crippen LogP contribution in [0.2, 0.25) is 0 Å². The summed E-state index contributed by atoms with van der Waals surface area (Å²) in [6.07, 6.45) is 3.58. The van der Waals surface area contributed by atoms with Crippen LogP contribution in [0.15, 0.2) is 30.5 Å². The summed E-state index contributed by atoms with van der Waals surface area (Å²) in [5.41, 5.74) is 1.42. The number of ether oxygens (including phenoxy) is 1. The van der Waals surface area contributed by atoms with E-state index in [2.05, 4.69) is 10.4 Å². The second kappa shape index (κ2) is 6.91. The predicted molar refractivity (Wildman–Crippen MR) is 84.1 cm³/mol. The molecule has 1 fully saturated rings. The minimum atomic E-state index is -0.370. The van der Waals surface area contributed by atoms with Crippen molar-refractivity contribution < 1.29 is 13.9 Å². The van der Waals surface area contributed by atoms with Crippen LogP contribution in [0.25, 0.3) is 5.69 Å². The first kappa shape index (κ1) is 15.7. The van der Waals surface area contributed by atoms with Crippen molar-refractivity contribution in [1.29, 1.82) is 0 Å². The average Bonchev–Trinajstić information content (AvgIpc) is 2.95. The van der Waals surface area contributed by atoms with Crippen LogP contribution in [-0.2, 0) is 4.74 Å². The number of para-hydroxylation sites is 1. The Labute approximate surface area is 134 Å². The number of aromatic nitrogens is 2. The van der Waals surface area contributed by atoms with E-state index in [-0.39, 0.29) is 11.7 Å². The molecule has 0 radical (unpaired) electrons. The van der Waals surface area contributed by atoms with Crippen LogP contribution < -0.4 is 5.32 Å². The zero-order valence-corrected chi connectivity index (χ0v) is 13.1. The number of benzene rings is 1. The van der Waals surface area contributed by atoms with Crippen LogP contribution in [0, 0.1) is 18.7 Å². The van der Waals surface area contributed by atoms with Crippen molar-refractivity contribution in [3.8, 4) is 5.69 Å². The summed E-state index contributed by atoms with van der Waals surface area (Å²) in [7, 11) is 0. The lowest BCUT2D eigenvalue weighted by atomic mass is 10.0. The molecule has 6 heteroatoms. The highest BCUT2D eigenvalue weighted by Crippen LogP contribution is 2.17. The number of carbonyl (C=O) groups excluding carboxylic acids is 1. The van der Waals surface area contributed by atoms with Gasteiger partial charge in [-0.25, -0.2) is 9.07 Å². The Kier molecular flexibility index (Phi) is 4.71. The molecule has 0 aliphatic carbocycles. The van der Waals surface area contributed by atoms with Crippen LogP contribution in [0.3, 0.4) is 0 Å². The van der Waals surface area contributed by atoms with Gasteiger partial charge in [-0.15, -0.1) is 0 Å². The predicted octanol–water partition coefficient (Wildman–Crippen LogP) is 2.48. The van der Waals surface area contributed by atoms with Gasteiger partial charge in [-0.3, -0.25) is 4.79 Å². The van der Waals surface area contributed by atoms with Gasteiger partial charge >= 0.3 is 0 Å². The molecule has 0 bridgehead atoms. The summed E-state index contributed by atoms with van der Waals surface area (Å²) >= 11 is 0. The summed E-state index contributed by atoms with van der Waals surface area (Å²) in [5.74, 6) is -0.199. The molecule has 1 unspecified atom stereocenters. The molecular weight excluding hydrogens is 297 g/mol. The van der Waals surface area contributed by atoms with Gasteiger partial charge in [-0.05, 0) is 37.8 Å². The number of nitrogens with zero attached hydrogens (tertiary/aromatic N) is 2. The maximum absolute atomic E-state index is 13.9. The fourth-order valence-electron chi connectivity index (χ4n) is 2.80. The third-order valence-corrected chi connectivity index (χ3v) is 4.14. The highest BCUT2D eigenvalue weighted by atomic mass is 19.1. The van der Waals surface area contributed by atoms with E-state index in [1.165, 1.54) is 16.9 Å². The van der Waals surface area contributed by atoms with Crippen molar-refractivity contribution in [2.24, 2.45) is 5.92 Å². The van der Waals surface area contributed by atoms with E-state index < -0.39 is 0 Å². The second-order valence-corrected chi connectivity index (χ2v) is 5.80. The minimum absolute atomic E-state index is 0.185. The molecule has 1 aliphatic rings. The third kappa shape index (κ3) is 3.42. The highest BCUT2D eigenvalue weighted by molar-refractivity contribution is 5.95. The lowest BCUT2D eigenvalue weighted by Crippen LogP contribution is -2.33. The number of rotatable bonds is 4. The quantitative estimate of drug-likeness (QED) is 0.942. The van der Waals surface area contributed by atoms with Gasteiger partial charge in [0, 0.05) is 13.2 Å². The molecule has 1 amide bonds. The molecule has 1 N–H and O–H groups in total. The Morgan fingerprint density at radius 2 is 2.30 bits per heavy atom. The number of halogens is 1. The Bertz CT molecular complexity index is 693. The number of amides is 1. The van der Waals surface area contributed by atoms with Crippen LogP contribution in [0.1, 0.15) is 28.9 Å². The summed E-state index contributed by atoms with van der Waals surface area (Å²) < 4.78 is 20.7. The minimum Gasteiger partial charge on any atom is -0.381 e. The van der Waals surface area contributed by atoms with Crippen LogP contribution in [-0.4, -0.2) is 35.4 Å². The van der Waals surface area contributed by atoms with Gasteiger partial charge in [-0.1, -0.05) is 12.1 Å². The van der Waals surface area contributed by atoms with E-state index in [9.17, 15) is 9.18 Å². The van der Waals surface area contributed by atoms with Gasteiger partial charge in [0.25, 0.3) is 5.91 Å². The number of hydrogen-bond donors (Lipinski definition) is 1. The summed E-state index contributed by atoms with van der Waals surface area (Å²) in [4.78, 5) is 12.3. The van der Waals surface area contributed by atoms with E-state index >= 15 is 0 Å². The highest BCUT2D eigenvalue weighted by Gasteiger charge is 2.19. The Morgan fingerprint density at radius 1 is 1.48 bits per heavy atom. The maximum atomic E-state index is 13.9. The van der Waals surface area contributed by atoms with E-state index in [0.717, 1.165) is 19.4 Å². The van der Waals surface area contributed by atoms with E-state index in [1.54, 1.807) is 25.1 Å². The van der Waals surface area contributed by atoms with Crippen LogP contribution in [0.5, 0.6) is 0 Å². The number of nitrogens with one attached hydrogen (secondary N) is 1. The first-order chi connectivity index (χ1) is 11.2. The van der Waals surface area contributed by atoms with Crippen LogP contribution in [0.4, 0.5) is 4.39 Å². The normalized spacial score (nSPS) is 17.9. The molecule has 23 heavy (non-hydrogen) atoms. The van der Waals surface area contributed by atoms with Crippen molar-refractivity contribution in [2.45, 2.75) is 19.8 Å². The molecule has 122 valence electrons. The van der Waals surface area contributed by atoms with Gasteiger partial charge < -0.3 is 10.1 Å². The van der Waals surface area contributed by atoms with Crippen LogP contribution >= 0.6 is 0 Å². The van der Waals surface area contributed by atoms with E-state index in [1.807, 2.05) is 0 Å². The zero-order chi connectivity index (χ0) is 16.2. The van der Waals surface area contributed by atoms with Crippen molar-refractivity contribution in [3.05, 3.63) is 47.5 Å². The van der Waals surface area contributed by atoms with Crippen molar-refractivity contribution in [1.82, 2.24) is 15.1 Å². The second-order valence-electron chi connectivity index (χ2n) is 5.80. The molecule has 0 spiro atoms. The Morgan fingerprint density at radius 3 is 3.04 bits per heavy atom. The SMILES string of the molecule is Cc1c(C(=O)NCC2CCCOC2)cnn1-c1ccccc1F. The monoisotopic (exact) mass is 317 g/mol. The molecule has 1 atom stereocenters. The van der Waals surface area contributed by atoms with Crippen molar-refractivity contribution in [2.75, 3.05) is 19.8 Å². The molecular formula is C17H20FN3O2. The zero-order valence-electron chi connectivity index (χ0n) is 13.1. The molecule has 1 aliphatic heterocycles. The largest absolute Gasteiger partial charge is 0.381 e. The van der Waals surface area contributed by atoms with Crippen molar-refractivity contribution >= 4 is 5.91 Å². The first-order valence-electron chi connectivity index (χ1n) is 7.82. The molecule has 2 heterocycles. The van der Waals surface area contributed by atoms with Gasteiger partial charge in [0.1, 0.15) is 11.5 Å². The van der Waals surface area contributed by atoms with Gasteiger partial charge in [0.2, 0.25) is 0 Å². The van der Waals surface area contributed by atoms with Crippen molar-refractivity contribution in [3.63, 3.8) is 0 Å². The Balaban J connectivity index is 1.71. The molecule has 2 aromatic rings. The molecule has 1 aromatic carbocycles. The summed E-state index contributed by atoms with van der Waals surface area (Å²) in [5, 5.41) is 7.08.